The molecule has 92 valence electrons. The Morgan fingerprint density at radius 2 is 2.24 bits per heavy atom. The fourth-order valence-corrected chi connectivity index (χ4v) is 1.61. The van der Waals surface area contributed by atoms with Gasteiger partial charge in [0.2, 0.25) is 0 Å². The van der Waals surface area contributed by atoms with Crippen molar-refractivity contribution in [2.75, 3.05) is 12.4 Å². The van der Waals surface area contributed by atoms with E-state index in [1.807, 2.05) is 0 Å². The van der Waals surface area contributed by atoms with Gasteiger partial charge in [-0.1, -0.05) is 15.9 Å². The highest BCUT2D eigenvalue weighted by Crippen LogP contribution is 2.28. The Hall–Kier alpha value is -1.63. The van der Waals surface area contributed by atoms with Crippen molar-refractivity contribution in [1.82, 2.24) is 0 Å². The van der Waals surface area contributed by atoms with Crippen LogP contribution in [-0.4, -0.2) is 24.0 Å². The molecule has 1 rings (SSSR count). The monoisotopic (exact) mass is 302 g/mol. The van der Waals surface area contributed by atoms with E-state index in [-0.39, 0.29) is 11.4 Å². The van der Waals surface area contributed by atoms with E-state index < -0.39 is 16.9 Å². The Labute approximate surface area is 106 Å². The number of hydrogen-bond donors (Lipinski definition) is 1. The number of nitro groups is 1. The first-order valence-electron chi connectivity index (χ1n) is 4.74. The number of nitrogens with zero attached hydrogens (tertiary/aromatic N) is 1. The lowest BCUT2D eigenvalue weighted by Gasteiger charge is -2.13. The number of carbonyl (C=O) groups is 1. The summed E-state index contributed by atoms with van der Waals surface area (Å²) >= 11 is 3.21. The SMILES string of the molecule is COC(=O)C(C)Nc1cc(Br)ccc1[N+](=O)[O-]. The van der Waals surface area contributed by atoms with Gasteiger partial charge < -0.3 is 10.1 Å². The number of nitrogens with one attached hydrogen (secondary N) is 1. The number of methoxy groups -OCH3 is 1. The molecule has 0 aliphatic rings. The minimum absolute atomic E-state index is 0.0936. The first-order chi connectivity index (χ1) is 7.95. The van der Waals surface area contributed by atoms with Gasteiger partial charge in [0.25, 0.3) is 5.69 Å². The summed E-state index contributed by atoms with van der Waals surface area (Å²) in [4.78, 5) is 21.5. The minimum Gasteiger partial charge on any atom is -0.467 e. The predicted octanol–water partition coefficient (Wildman–Crippen LogP) is 2.33. The molecule has 1 atom stereocenters. The van der Waals surface area contributed by atoms with Crippen LogP contribution in [0.1, 0.15) is 6.92 Å². The molecule has 0 aliphatic carbocycles. The second kappa shape index (κ2) is 5.62. The summed E-state index contributed by atoms with van der Waals surface area (Å²) in [6.45, 7) is 1.57. The molecule has 0 heterocycles. The van der Waals surface area contributed by atoms with Gasteiger partial charge in [0.15, 0.2) is 0 Å². The van der Waals surface area contributed by atoms with Crippen molar-refractivity contribution in [3.63, 3.8) is 0 Å². The summed E-state index contributed by atoms with van der Waals surface area (Å²) in [6, 6.07) is 3.80. The average molecular weight is 303 g/mol. The lowest BCUT2D eigenvalue weighted by Crippen LogP contribution is -2.27. The van der Waals surface area contributed by atoms with Gasteiger partial charge >= 0.3 is 5.97 Å². The lowest BCUT2D eigenvalue weighted by atomic mass is 10.2. The van der Waals surface area contributed by atoms with Crippen LogP contribution >= 0.6 is 15.9 Å². The van der Waals surface area contributed by atoms with Gasteiger partial charge in [-0.3, -0.25) is 10.1 Å². The highest BCUT2D eigenvalue weighted by atomic mass is 79.9. The normalized spacial score (nSPS) is 11.7. The molecule has 6 nitrogen and oxygen atoms in total. The third kappa shape index (κ3) is 3.42. The molecule has 0 fully saturated rings. The van der Waals surface area contributed by atoms with Crippen LogP contribution in [0.15, 0.2) is 22.7 Å². The zero-order chi connectivity index (χ0) is 13.0. The number of halogens is 1. The molecule has 1 aromatic rings. The number of nitro benzene ring substituents is 1. The van der Waals surface area contributed by atoms with Crippen molar-refractivity contribution in [1.29, 1.82) is 0 Å². The Morgan fingerprint density at radius 1 is 1.59 bits per heavy atom. The number of carbonyl (C=O) groups excluding carboxylic acids is 1. The Kier molecular flexibility index (Phi) is 4.45. The van der Waals surface area contributed by atoms with Crippen LogP contribution in [0.2, 0.25) is 0 Å². The van der Waals surface area contributed by atoms with E-state index in [0.29, 0.717) is 4.47 Å². The van der Waals surface area contributed by atoms with Crippen LogP contribution in [0, 0.1) is 10.1 Å². The van der Waals surface area contributed by atoms with Crippen molar-refractivity contribution in [3.05, 3.63) is 32.8 Å². The lowest BCUT2D eigenvalue weighted by molar-refractivity contribution is -0.384. The molecule has 0 spiro atoms. The molecule has 1 aromatic carbocycles. The number of hydrogen-bond acceptors (Lipinski definition) is 5. The van der Waals surface area contributed by atoms with Gasteiger partial charge in [-0.2, -0.15) is 0 Å². The molecule has 0 aliphatic heterocycles. The Bertz CT molecular complexity index is 450. The smallest absolute Gasteiger partial charge is 0.327 e. The van der Waals surface area contributed by atoms with Crippen molar-refractivity contribution in [3.8, 4) is 0 Å². The van der Waals surface area contributed by atoms with Gasteiger partial charge in [-0.25, -0.2) is 4.79 Å². The quantitative estimate of drug-likeness (QED) is 0.524. The number of benzene rings is 1. The zero-order valence-electron chi connectivity index (χ0n) is 9.27. The number of ether oxygens (including phenoxy) is 1. The predicted molar refractivity (Wildman–Crippen MR) is 65.9 cm³/mol. The third-order valence-corrected chi connectivity index (χ3v) is 2.58. The van der Waals surface area contributed by atoms with Crippen molar-refractivity contribution in [2.45, 2.75) is 13.0 Å². The molecule has 0 saturated heterocycles. The van der Waals surface area contributed by atoms with E-state index in [1.165, 1.54) is 19.2 Å². The topological polar surface area (TPSA) is 81.5 Å². The van der Waals surface area contributed by atoms with Gasteiger partial charge in [0.1, 0.15) is 11.7 Å². The van der Waals surface area contributed by atoms with E-state index in [0.717, 1.165) is 0 Å². The third-order valence-electron chi connectivity index (χ3n) is 2.08. The molecule has 0 radical (unpaired) electrons. The molecule has 0 amide bonds. The van der Waals surface area contributed by atoms with E-state index in [2.05, 4.69) is 26.0 Å². The summed E-state index contributed by atoms with van der Waals surface area (Å²) in [5, 5.41) is 13.5. The summed E-state index contributed by atoms with van der Waals surface area (Å²) < 4.78 is 5.21. The minimum atomic E-state index is -0.659. The fraction of sp³-hybridized carbons (Fsp3) is 0.300. The van der Waals surface area contributed by atoms with Crippen LogP contribution < -0.4 is 5.32 Å². The van der Waals surface area contributed by atoms with Gasteiger partial charge in [-0.05, 0) is 19.1 Å². The van der Waals surface area contributed by atoms with Crippen LogP contribution in [0.3, 0.4) is 0 Å². The molecule has 7 heteroatoms. The molecule has 1 N–H and O–H groups in total. The van der Waals surface area contributed by atoms with Crippen LogP contribution in [0.5, 0.6) is 0 Å². The fourth-order valence-electron chi connectivity index (χ4n) is 1.25. The van der Waals surface area contributed by atoms with Crippen LogP contribution in [0.4, 0.5) is 11.4 Å². The van der Waals surface area contributed by atoms with E-state index in [1.54, 1.807) is 13.0 Å². The van der Waals surface area contributed by atoms with Crippen LogP contribution in [0.25, 0.3) is 0 Å². The Morgan fingerprint density at radius 3 is 2.76 bits per heavy atom. The number of rotatable bonds is 4. The first kappa shape index (κ1) is 13.4. The number of anilines is 1. The van der Waals surface area contributed by atoms with E-state index >= 15 is 0 Å². The standard InChI is InChI=1S/C10H11BrN2O4/c1-6(10(14)17-2)12-8-5-7(11)3-4-9(8)13(15)16/h3-6,12H,1-2H3. The molecule has 0 saturated carbocycles. The second-order valence-corrected chi connectivity index (χ2v) is 4.22. The van der Waals surface area contributed by atoms with Crippen LogP contribution in [-0.2, 0) is 9.53 Å². The summed E-state index contributed by atoms with van der Waals surface area (Å²) in [5.74, 6) is -0.487. The van der Waals surface area contributed by atoms with Gasteiger partial charge in [0.05, 0.1) is 12.0 Å². The zero-order valence-corrected chi connectivity index (χ0v) is 10.9. The molecule has 17 heavy (non-hydrogen) atoms. The van der Waals surface area contributed by atoms with Gasteiger partial charge in [0, 0.05) is 10.5 Å². The Balaban J connectivity index is 3.00. The molecule has 0 bridgehead atoms. The van der Waals surface area contributed by atoms with E-state index in [4.69, 9.17) is 0 Å². The molecule has 1 unspecified atom stereocenters. The maximum absolute atomic E-state index is 11.2. The maximum Gasteiger partial charge on any atom is 0.327 e. The van der Waals surface area contributed by atoms with Crippen molar-refractivity contribution in [2.24, 2.45) is 0 Å². The summed E-state index contributed by atoms with van der Waals surface area (Å²) in [5.41, 5.74) is 0.172. The van der Waals surface area contributed by atoms with Gasteiger partial charge in [-0.15, -0.1) is 0 Å². The first-order valence-corrected chi connectivity index (χ1v) is 5.53. The largest absolute Gasteiger partial charge is 0.467 e. The maximum atomic E-state index is 11.2. The molecular formula is C10H11BrN2O4. The highest BCUT2D eigenvalue weighted by molar-refractivity contribution is 9.10. The average Bonchev–Trinajstić information content (AvgIpc) is 2.27. The van der Waals surface area contributed by atoms with Crippen molar-refractivity contribution >= 4 is 33.3 Å². The summed E-state index contributed by atoms with van der Waals surface area (Å²) in [7, 11) is 1.26. The molecular weight excluding hydrogens is 292 g/mol. The van der Waals surface area contributed by atoms with Crippen molar-refractivity contribution < 1.29 is 14.5 Å². The highest BCUT2D eigenvalue weighted by Gasteiger charge is 2.19. The van der Waals surface area contributed by atoms with E-state index in [9.17, 15) is 14.9 Å². The summed E-state index contributed by atoms with van der Waals surface area (Å²) in [6.07, 6.45) is 0. The second-order valence-electron chi connectivity index (χ2n) is 3.31. The molecule has 0 aromatic heterocycles. The number of esters is 1.